The van der Waals surface area contributed by atoms with Gasteiger partial charge in [-0.25, -0.2) is 8.42 Å². The fourth-order valence-electron chi connectivity index (χ4n) is 9.14. The third-order valence-electron chi connectivity index (χ3n) is 11.2. The first-order chi connectivity index (χ1) is 17.7. The third kappa shape index (κ3) is 4.39. The minimum atomic E-state index is -3.61. The number of benzene rings is 2. The Kier molecular flexibility index (Phi) is 6.37. The Morgan fingerprint density at radius 3 is 2.27 bits per heavy atom. The first kappa shape index (κ1) is 25.3. The molecule has 2 aromatic rings. The molecule has 4 fully saturated rings. The molecule has 0 aromatic heterocycles. The van der Waals surface area contributed by atoms with Crippen LogP contribution in [0.15, 0.2) is 53.4 Å². The Labute approximate surface area is 223 Å². The van der Waals surface area contributed by atoms with Crippen molar-refractivity contribution < 1.29 is 13.2 Å². The first-order valence-electron chi connectivity index (χ1n) is 14.6. The lowest BCUT2D eigenvalue weighted by Crippen LogP contribution is -2.53. The van der Waals surface area contributed by atoms with E-state index in [2.05, 4.69) is 18.6 Å². The number of sulfonamides is 1. The summed E-state index contributed by atoms with van der Waals surface area (Å²) >= 11 is 0. The molecule has 2 aromatic carbocycles. The first-order valence-corrected chi connectivity index (χ1v) is 16.0. The average Bonchev–Trinajstić information content (AvgIpc) is 3.21. The van der Waals surface area contributed by atoms with Crippen molar-refractivity contribution in [1.29, 1.82) is 0 Å². The second-order valence-electron chi connectivity index (χ2n) is 13.1. The van der Waals surface area contributed by atoms with E-state index in [0.29, 0.717) is 11.1 Å². The van der Waals surface area contributed by atoms with E-state index in [0.717, 1.165) is 41.4 Å². The maximum Gasteiger partial charge on any atom is 0.261 e. The van der Waals surface area contributed by atoms with E-state index in [1.807, 2.05) is 43.3 Å². The summed E-state index contributed by atoms with van der Waals surface area (Å²) in [5.41, 5.74) is 2.41. The molecule has 4 aliphatic carbocycles. The van der Waals surface area contributed by atoms with Gasteiger partial charge in [0.05, 0.1) is 4.90 Å². The average molecular weight is 522 g/mol. The summed E-state index contributed by atoms with van der Waals surface area (Å²) in [6.45, 7) is 7.10. The fraction of sp³-hybridized carbons (Fsp3) is 0.625. The van der Waals surface area contributed by atoms with Gasteiger partial charge in [-0.15, -0.1) is 0 Å². The number of nitrogens with one attached hydrogen (secondary N) is 1. The number of hydrogen-bond acceptors (Lipinski definition) is 3. The number of aryl methyl sites for hydroxylation is 1. The van der Waals surface area contributed by atoms with Crippen LogP contribution in [0, 0.1) is 41.4 Å². The SMILES string of the molecule is Cc1ccc(S(=O)(=O)Nc2ccc(OC3CC[C@H]4[C@@H]5CCC6CCCC[C@]6(C)[C@@H]5CC[C@]34C)cc2)cc1. The van der Waals surface area contributed by atoms with E-state index < -0.39 is 10.0 Å². The van der Waals surface area contributed by atoms with Crippen LogP contribution >= 0.6 is 0 Å². The largest absolute Gasteiger partial charge is 0.490 e. The van der Waals surface area contributed by atoms with Gasteiger partial charge < -0.3 is 4.74 Å². The molecule has 0 bridgehead atoms. The molecule has 7 atom stereocenters. The van der Waals surface area contributed by atoms with Gasteiger partial charge in [0.25, 0.3) is 10.0 Å². The maximum atomic E-state index is 12.8. The highest BCUT2D eigenvalue weighted by molar-refractivity contribution is 7.92. The molecule has 0 radical (unpaired) electrons. The van der Waals surface area contributed by atoms with Crippen LogP contribution in [0.2, 0.25) is 0 Å². The topological polar surface area (TPSA) is 55.4 Å². The summed E-state index contributed by atoms with van der Waals surface area (Å²) in [4.78, 5) is 0.273. The Morgan fingerprint density at radius 1 is 0.784 bits per heavy atom. The van der Waals surface area contributed by atoms with Gasteiger partial charge in [-0.05, 0) is 124 Å². The molecule has 4 saturated carbocycles. The lowest BCUT2D eigenvalue weighted by atomic mass is 9.45. The summed E-state index contributed by atoms with van der Waals surface area (Å²) in [5, 5.41) is 0. The molecule has 0 saturated heterocycles. The second kappa shape index (κ2) is 9.32. The fourth-order valence-corrected chi connectivity index (χ4v) is 10.2. The number of hydrogen-bond donors (Lipinski definition) is 1. The van der Waals surface area contributed by atoms with Crippen molar-refractivity contribution in [3.8, 4) is 5.75 Å². The zero-order valence-corrected chi connectivity index (χ0v) is 23.5. The zero-order valence-electron chi connectivity index (χ0n) is 22.7. The van der Waals surface area contributed by atoms with Gasteiger partial charge in [0.15, 0.2) is 0 Å². The van der Waals surface area contributed by atoms with Crippen molar-refractivity contribution in [3.05, 3.63) is 54.1 Å². The Morgan fingerprint density at radius 2 is 1.51 bits per heavy atom. The van der Waals surface area contributed by atoms with E-state index in [9.17, 15) is 8.42 Å². The highest BCUT2D eigenvalue weighted by Crippen LogP contribution is 2.66. The van der Waals surface area contributed by atoms with E-state index in [-0.39, 0.29) is 16.4 Å². The lowest BCUT2D eigenvalue weighted by Gasteiger charge is -2.60. The number of rotatable bonds is 5. The van der Waals surface area contributed by atoms with Crippen LogP contribution in [0.4, 0.5) is 5.69 Å². The summed E-state index contributed by atoms with van der Waals surface area (Å²) in [7, 11) is -3.61. The molecule has 4 aliphatic rings. The highest BCUT2D eigenvalue weighted by Gasteiger charge is 2.60. The Hall–Kier alpha value is -2.01. The third-order valence-corrected chi connectivity index (χ3v) is 12.6. The van der Waals surface area contributed by atoms with Gasteiger partial charge in [0, 0.05) is 11.1 Å². The molecule has 6 rings (SSSR count). The molecule has 0 spiro atoms. The van der Waals surface area contributed by atoms with E-state index in [4.69, 9.17) is 4.74 Å². The molecule has 5 heteroatoms. The van der Waals surface area contributed by atoms with Crippen LogP contribution in [0.5, 0.6) is 5.75 Å². The zero-order chi connectivity index (χ0) is 25.8. The quantitative estimate of drug-likeness (QED) is 0.434. The molecule has 1 N–H and O–H groups in total. The van der Waals surface area contributed by atoms with Crippen molar-refractivity contribution in [2.24, 2.45) is 34.5 Å². The van der Waals surface area contributed by atoms with Crippen molar-refractivity contribution in [2.45, 2.75) is 96.0 Å². The van der Waals surface area contributed by atoms with Crippen LogP contribution in [-0.4, -0.2) is 14.5 Å². The van der Waals surface area contributed by atoms with Crippen molar-refractivity contribution in [3.63, 3.8) is 0 Å². The molecule has 0 amide bonds. The van der Waals surface area contributed by atoms with Crippen LogP contribution in [0.3, 0.4) is 0 Å². The summed E-state index contributed by atoms with van der Waals surface area (Å²) in [5.74, 6) is 4.35. The minimum absolute atomic E-state index is 0.241. The van der Waals surface area contributed by atoms with Crippen molar-refractivity contribution in [1.82, 2.24) is 0 Å². The van der Waals surface area contributed by atoms with Gasteiger partial charge in [-0.1, -0.05) is 44.4 Å². The normalized spacial score (nSPS) is 37.2. The Bertz CT molecular complexity index is 1220. The van der Waals surface area contributed by atoms with Crippen molar-refractivity contribution in [2.75, 3.05) is 4.72 Å². The maximum absolute atomic E-state index is 12.8. The van der Waals surface area contributed by atoms with Gasteiger partial charge in [-0.3, -0.25) is 4.72 Å². The lowest BCUT2D eigenvalue weighted by molar-refractivity contribution is -0.117. The smallest absolute Gasteiger partial charge is 0.261 e. The predicted octanol–water partition coefficient (Wildman–Crippen LogP) is 7.98. The number of fused-ring (bicyclic) bond motifs is 5. The molecular weight excluding hydrogens is 478 g/mol. The standard InChI is InChI=1S/C32H43NO3S/c1-22-7-14-26(15-8-22)37(34,35)33-24-10-12-25(13-11-24)36-30-18-17-28-27-16-9-23-6-4-5-20-31(23,2)29(27)19-21-32(28,30)3/h7-8,10-15,23,27-30,33H,4-6,9,16-21H2,1-3H3/t23?,27-,28-,29+,30?,31-,32-/m0/s1. The van der Waals surface area contributed by atoms with E-state index >= 15 is 0 Å². The minimum Gasteiger partial charge on any atom is -0.490 e. The Balaban J connectivity index is 1.13. The van der Waals surface area contributed by atoms with E-state index in [1.54, 1.807) is 12.1 Å². The molecule has 2 unspecified atom stereocenters. The monoisotopic (exact) mass is 521 g/mol. The summed E-state index contributed by atoms with van der Waals surface area (Å²) in [6.07, 6.45) is 14.0. The van der Waals surface area contributed by atoms with Crippen molar-refractivity contribution >= 4 is 15.7 Å². The summed E-state index contributed by atoms with van der Waals surface area (Å²) in [6, 6.07) is 14.4. The van der Waals surface area contributed by atoms with Crippen LogP contribution in [0.1, 0.15) is 83.6 Å². The van der Waals surface area contributed by atoms with Crippen LogP contribution in [-0.2, 0) is 10.0 Å². The van der Waals surface area contributed by atoms with Gasteiger partial charge in [-0.2, -0.15) is 0 Å². The van der Waals surface area contributed by atoms with Crippen LogP contribution in [0.25, 0.3) is 0 Å². The molecule has 0 heterocycles. The number of ether oxygens (including phenoxy) is 1. The van der Waals surface area contributed by atoms with Crippen LogP contribution < -0.4 is 9.46 Å². The molecule has 37 heavy (non-hydrogen) atoms. The van der Waals surface area contributed by atoms with Gasteiger partial charge >= 0.3 is 0 Å². The summed E-state index contributed by atoms with van der Waals surface area (Å²) < 4.78 is 34.9. The second-order valence-corrected chi connectivity index (χ2v) is 14.8. The molecule has 0 aliphatic heterocycles. The molecule has 4 nitrogen and oxygen atoms in total. The predicted molar refractivity (Wildman–Crippen MR) is 149 cm³/mol. The van der Waals surface area contributed by atoms with Gasteiger partial charge in [0.2, 0.25) is 0 Å². The highest BCUT2D eigenvalue weighted by atomic mass is 32.2. The molecule has 200 valence electrons. The number of anilines is 1. The van der Waals surface area contributed by atoms with Gasteiger partial charge in [0.1, 0.15) is 11.9 Å². The van der Waals surface area contributed by atoms with E-state index in [1.165, 1.54) is 57.8 Å². The molecular formula is C32H43NO3S.